The van der Waals surface area contributed by atoms with Crippen LogP contribution in [0.5, 0.6) is 5.75 Å². The van der Waals surface area contributed by atoms with Gasteiger partial charge in [0.2, 0.25) is 0 Å². The van der Waals surface area contributed by atoms with Crippen LogP contribution in [-0.2, 0) is 0 Å². The van der Waals surface area contributed by atoms with E-state index in [0.717, 1.165) is 10.2 Å². The molecule has 29 heavy (non-hydrogen) atoms. The Bertz CT molecular complexity index is 1120. The van der Waals surface area contributed by atoms with Crippen molar-refractivity contribution in [3.63, 3.8) is 0 Å². The number of benzene rings is 3. The first-order valence-corrected chi connectivity index (χ1v) is 10.1. The number of methoxy groups -OCH3 is 1. The fourth-order valence-corrected chi connectivity index (χ4v) is 4.28. The summed E-state index contributed by atoms with van der Waals surface area (Å²) in [6, 6.07) is 23.8. The van der Waals surface area contributed by atoms with Gasteiger partial charge >= 0.3 is 0 Å². The molecule has 5 heteroatoms. The number of para-hydroxylation sites is 1. The van der Waals surface area contributed by atoms with Crippen molar-refractivity contribution < 1.29 is 14.3 Å². The fraction of sp³-hybridized carbons (Fsp3) is 0.125. The predicted molar refractivity (Wildman–Crippen MR) is 115 cm³/mol. The third kappa shape index (κ3) is 4.10. The van der Waals surface area contributed by atoms with E-state index in [4.69, 9.17) is 4.74 Å². The molecule has 4 rings (SSSR count). The summed E-state index contributed by atoms with van der Waals surface area (Å²) in [4.78, 5) is 30.9. The number of ether oxygens (including phenoxy) is 1. The Morgan fingerprint density at radius 3 is 2.28 bits per heavy atom. The van der Waals surface area contributed by atoms with Gasteiger partial charge in [0, 0.05) is 17.5 Å². The Morgan fingerprint density at radius 1 is 0.897 bits per heavy atom. The van der Waals surface area contributed by atoms with Gasteiger partial charge in [-0.3, -0.25) is 9.59 Å². The predicted octanol–water partition coefficient (Wildman–Crippen LogP) is 5.54. The number of thiazole rings is 1. The number of carbonyl (C=O) groups excluding carboxylic acids is 2. The van der Waals surface area contributed by atoms with E-state index in [2.05, 4.69) is 4.98 Å². The summed E-state index contributed by atoms with van der Waals surface area (Å²) in [6.45, 7) is 0. The number of fused-ring (bicyclic) bond motifs is 1. The molecule has 0 radical (unpaired) electrons. The molecule has 0 saturated carbocycles. The molecule has 0 fully saturated rings. The summed E-state index contributed by atoms with van der Waals surface area (Å²) >= 11 is 1.47. The van der Waals surface area contributed by atoms with Crippen molar-refractivity contribution in [2.75, 3.05) is 7.11 Å². The molecule has 0 saturated heterocycles. The molecule has 1 atom stereocenters. The van der Waals surface area contributed by atoms with Crippen molar-refractivity contribution in [3.8, 4) is 5.75 Å². The van der Waals surface area contributed by atoms with Gasteiger partial charge in [-0.05, 0) is 36.4 Å². The third-order valence-electron chi connectivity index (χ3n) is 4.78. The second kappa shape index (κ2) is 8.37. The Labute approximate surface area is 172 Å². The fourth-order valence-electron chi connectivity index (χ4n) is 3.21. The molecule has 144 valence electrons. The number of rotatable bonds is 7. The first-order chi connectivity index (χ1) is 14.2. The molecule has 0 amide bonds. The van der Waals surface area contributed by atoms with Gasteiger partial charge in [-0.25, -0.2) is 4.98 Å². The van der Waals surface area contributed by atoms with Crippen LogP contribution in [0.25, 0.3) is 10.2 Å². The van der Waals surface area contributed by atoms with Crippen molar-refractivity contribution >= 4 is 33.1 Å². The zero-order valence-electron chi connectivity index (χ0n) is 15.9. The lowest BCUT2D eigenvalue weighted by molar-refractivity contribution is 0.0893. The van der Waals surface area contributed by atoms with E-state index in [1.54, 1.807) is 43.5 Å². The first-order valence-electron chi connectivity index (χ1n) is 9.27. The largest absolute Gasteiger partial charge is 0.497 e. The van der Waals surface area contributed by atoms with Crippen LogP contribution < -0.4 is 4.74 Å². The number of Topliss-reactive ketones (excluding diaryl/α,β-unsaturated/α-hetero) is 2. The SMILES string of the molecule is COc1ccc(C(=O)C[C@H](C(=O)c2ccccc2)c2nc3ccccc3s2)cc1. The lowest BCUT2D eigenvalue weighted by Gasteiger charge is -2.13. The van der Waals surface area contributed by atoms with E-state index in [0.29, 0.717) is 21.9 Å². The Kier molecular flexibility index (Phi) is 5.49. The summed E-state index contributed by atoms with van der Waals surface area (Å²) < 4.78 is 6.16. The summed E-state index contributed by atoms with van der Waals surface area (Å²) in [5.74, 6) is -0.123. The minimum absolute atomic E-state index is 0.0693. The summed E-state index contributed by atoms with van der Waals surface area (Å²) in [6.07, 6.45) is 0.0693. The lowest BCUT2D eigenvalue weighted by Crippen LogP contribution is -2.17. The standard InChI is InChI=1S/C24H19NO3S/c1-28-18-13-11-16(12-14-18)21(26)15-19(23(27)17-7-3-2-4-8-17)24-25-20-9-5-6-10-22(20)29-24/h2-14,19H,15H2,1H3/t19-/m1/s1. The molecule has 3 aromatic carbocycles. The van der Waals surface area contributed by atoms with Gasteiger partial charge in [0.15, 0.2) is 11.6 Å². The molecule has 4 aromatic rings. The number of nitrogens with zero attached hydrogens (tertiary/aromatic N) is 1. The molecule has 0 aliphatic rings. The van der Waals surface area contributed by atoms with Gasteiger partial charge in [-0.2, -0.15) is 0 Å². The van der Waals surface area contributed by atoms with Crippen LogP contribution >= 0.6 is 11.3 Å². The molecule has 1 aromatic heterocycles. The summed E-state index contributed by atoms with van der Waals surface area (Å²) in [5, 5.41) is 0.668. The van der Waals surface area contributed by atoms with E-state index in [1.807, 2.05) is 42.5 Å². The molecule has 0 spiro atoms. The second-order valence-electron chi connectivity index (χ2n) is 6.66. The van der Waals surface area contributed by atoms with Crippen molar-refractivity contribution in [1.82, 2.24) is 4.98 Å². The van der Waals surface area contributed by atoms with Gasteiger partial charge in [0.05, 0.1) is 23.2 Å². The molecule has 0 aliphatic carbocycles. The summed E-state index contributed by atoms with van der Waals surface area (Å²) in [5.41, 5.74) is 1.98. The highest BCUT2D eigenvalue weighted by Crippen LogP contribution is 2.33. The van der Waals surface area contributed by atoms with Gasteiger partial charge < -0.3 is 4.74 Å². The van der Waals surface area contributed by atoms with Crippen LogP contribution in [0.2, 0.25) is 0 Å². The average molecular weight is 401 g/mol. The topological polar surface area (TPSA) is 56.3 Å². The van der Waals surface area contributed by atoms with Crippen LogP contribution in [0, 0.1) is 0 Å². The molecular weight excluding hydrogens is 382 g/mol. The molecule has 0 unspecified atom stereocenters. The molecule has 1 heterocycles. The molecule has 0 bridgehead atoms. The maximum absolute atomic E-state index is 13.3. The number of aromatic nitrogens is 1. The van der Waals surface area contributed by atoms with Crippen LogP contribution in [-0.4, -0.2) is 23.7 Å². The van der Waals surface area contributed by atoms with Gasteiger partial charge in [-0.15, -0.1) is 11.3 Å². The van der Waals surface area contributed by atoms with E-state index < -0.39 is 5.92 Å². The van der Waals surface area contributed by atoms with Gasteiger partial charge in [0.25, 0.3) is 0 Å². The zero-order chi connectivity index (χ0) is 20.2. The quantitative estimate of drug-likeness (QED) is 0.381. The van der Waals surface area contributed by atoms with E-state index in [9.17, 15) is 9.59 Å². The number of hydrogen-bond donors (Lipinski definition) is 0. The van der Waals surface area contributed by atoms with Crippen molar-refractivity contribution in [2.45, 2.75) is 12.3 Å². The smallest absolute Gasteiger partial charge is 0.173 e. The van der Waals surface area contributed by atoms with Crippen LogP contribution in [0.1, 0.15) is 38.1 Å². The molecular formula is C24H19NO3S. The maximum Gasteiger partial charge on any atom is 0.173 e. The van der Waals surface area contributed by atoms with Crippen LogP contribution in [0.3, 0.4) is 0 Å². The number of carbonyl (C=O) groups is 2. The Hall–Kier alpha value is -3.31. The van der Waals surface area contributed by atoms with Crippen LogP contribution in [0.4, 0.5) is 0 Å². The molecule has 4 nitrogen and oxygen atoms in total. The van der Waals surface area contributed by atoms with E-state index >= 15 is 0 Å². The first kappa shape index (κ1) is 19.0. The monoisotopic (exact) mass is 401 g/mol. The highest BCUT2D eigenvalue weighted by atomic mass is 32.1. The van der Waals surface area contributed by atoms with Gasteiger partial charge in [0.1, 0.15) is 10.8 Å². The Morgan fingerprint density at radius 2 is 1.59 bits per heavy atom. The normalized spacial score (nSPS) is 11.9. The van der Waals surface area contributed by atoms with Crippen molar-refractivity contribution in [2.24, 2.45) is 0 Å². The van der Waals surface area contributed by atoms with Crippen LogP contribution in [0.15, 0.2) is 78.9 Å². The second-order valence-corrected chi connectivity index (χ2v) is 7.72. The van der Waals surface area contributed by atoms with Crippen molar-refractivity contribution in [3.05, 3.63) is 95.0 Å². The van der Waals surface area contributed by atoms with E-state index in [1.165, 1.54) is 11.3 Å². The maximum atomic E-state index is 13.3. The third-order valence-corrected chi connectivity index (χ3v) is 5.93. The Balaban J connectivity index is 1.69. The van der Waals surface area contributed by atoms with E-state index in [-0.39, 0.29) is 18.0 Å². The summed E-state index contributed by atoms with van der Waals surface area (Å²) in [7, 11) is 1.58. The molecule has 0 aliphatic heterocycles. The van der Waals surface area contributed by atoms with Gasteiger partial charge in [-0.1, -0.05) is 42.5 Å². The average Bonchev–Trinajstić information content (AvgIpc) is 3.21. The molecule has 0 N–H and O–H groups in total. The minimum Gasteiger partial charge on any atom is -0.497 e. The zero-order valence-corrected chi connectivity index (χ0v) is 16.7. The number of hydrogen-bond acceptors (Lipinski definition) is 5. The highest BCUT2D eigenvalue weighted by Gasteiger charge is 2.28. The van der Waals surface area contributed by atoms with Crippen molar-refractivity contribution in [1.29, 1.82) is 0 Å². The minimum atomic E-state index is -0.621. The lowest BCUT2D eigenvalue weighted by atomic mass is 9.91. The highest BCUT2D eigenvalue weighted by molar-refractivity contribution is 7.18. The number of ketones is 2.